The van der Waals surface area contributed by atoms with Crippen LogP contribution in [0, 0.1) is 16.0 Å². The molecule has 108 valence electrons. The number of piperidine rings is 1. The van der Waals surface area contributed by atoms with Crippen LogP contribution in [-0.4, -0.2) is 31.1 Å². The molecular weight excluding hydrogens is 328 g/mol. The minimum absolute atomic E-state index is 0.0544. The van der Waals surface area contributed by atoms with Crippen LogP contribution in [0.25, 0.3) is 0 Å². The molecule has 0 radical (unpaired) electrons. The summed E-state index contributed by atoms with van der Waals surface area (Å²) in [5, 5.41) is 11.1. The number of nitrogens with zero attached hydrogens (tertiary/aromatic N) is 2. The third-order valence-electron chi connectivity index (χ3n) is 3.43. The van der Waals surface area contributed by atoms with Gasteiger partial charge in [0.15, 0.2) is 0 Å². The van der Waals surface area contributed by atoms with Crippen LogP contribution in [0.5, 0.6) is 0 Å². The van der Waals surface area contributed by atoms with Crippen LogP contribution in [0.3, 0.4) is 0 Å². The van der Waals surface area contributed by atoms with Gasteiger partial charge < -0.3 is 9.64 Å². The molecule has 0 spiro atoms. The molecule has 0 bridgehead atoms. The van der Waals surface area contributed by atoms with Crippen LogP contribution in [0.15, 0.2) is 22.7 Å². The molecule has 1 unspecified atom stereocenters. The Bertz CT molecular complexity index is 535. The summed E-state index contributed by atoms with van der Waals surface area (Å²) in [6.07, 6.45) is 1.56. The van der Waals surface area contributed by atoms with E-state index in [2.05, 4.69) is 15.9 Å². The van der Waals surface area contributed by atoms with Crippen LogP contribution in [-0.2, 0) is 9.53 Å². The summed E-state index contributed by atoms with van der Waals surface area (Å²) in [6.45, 7) is 1.15. The maximum absolute atomic E-state index is 11.6. The fourth-order valence-corrected chi connectivity index (χ4v) is 2.81. The average Bonchev–Trinajstić information content (AvgIpc) is 2.46. The lowest BCUT2D eigenvalue weighted by atomic mass is 9.97. The number of hydrogen-bond donors (Lipinski definition) is 0. The Kier molecular flexibility index (Phi) is 4.59. The number of rotatable bonds is 3. The Morgan fingerprint density at radius 1 is 1.55 bits per heavy atom. The lowest BCUT2D eigenvalue weighted by molar-refractivity contribution is -0.384. The highest BCUT2D eigenvalue weighted by molar-refractivity contribution is 9.10. The maximum Gasteiger partial charge on any atom is 0.310 e. The topological polar surface area (TPSA) is 72.7 Å². The molecule has 1 atom stereocenters. The van der Waals surface area contributed by atoms with E-state index in [4.69, 9.17) is 4.74 Å². The molecule has 0 amide bonds. The highest BCUT2D eigenvalue weighted by atomic mass is 79.9. The highest BCUT2D eigenvalue weighted by Gasteiger charge is 2.29. The average molecular weight is 343 g/mol. The van der Waals surface area contributed by atoms with Gasteiger partial charge in [-0.15, -0.1) is 0 Å². The summed E-state index contributed by atoms with van der Waals surface area (Å²) in [4.78, 5) is 24.2. The first-order chi connectivity index (χ1) is 9.52. The van der Waals surface area contributed by atoms with Crippen molar-refractivity contribution in [2.75, 3.05) is 25.1 Å². The summed E-state index contributed by atoms with van der Waals surface area (Å²) >= 11 is 3.33. The number of methoxy groups -OCH3 is 1. The van der Waals surface area contributed by atoms with E-state index in [0.29, 0.717) is 18.8 Å². The number of nitro groups is 1. The molecule has 6 nitrogen and oxygen atoms in total. The zero-order valence-electron chi connectivity index (χ0n) is 11.0. The summed E-state index contributed by atoms with van der Waals surface area (Å²) in [5.41, 5.74) is 0.594. The second-order valence-corrected chi connectivity index (χ2v) is 5.61. The Morgan fingerprint density at radius 2 is 2.30 bits per heavy atom. The fourth-order valence-electron chi connectivity index (χ4n) is 2.46. The molecule has 2 rings (SSSR count). The van der Waals surface area contributed by atoms with Gasteiger partial charge in [-0.1, -0.05) is 15.9 Å². The zero-order chi connectivity index (χ0) is 14.7. The number of hydrogen-bond acceptors (Lipinski definition) is 5. The van der Waals surface area contributed by atoms with E-state index >= 15 is 0 Å². The Labute approximate surface area is 125 Å². The lowest BCUT2D eigenvalue weighted by Crippen LogP contribution is -2.39. The number of nitro benzene ring substituents is 1. The van der Waals surface area contributed by atoms with E-state index in [9.17, 15) is 14.9 Å². The van der Waals surface area contributed by atoms with Crippen LogP contribution >= 0.6 is 15.9 Å². The fraction of sp³-hybridized carbons (Fsp3) is 0.462. The van der Waals surface area contributed by atoms with Crippen molar-refractivity contribution >= 4 is 33.3 Å². The van der Waals surface area contributed by atoms with Crippen molar-refractivity contribution in [3.8, 4) is 0 Å². The normalized spacial score (nSPS) is 18.7. The van der Waals surface area contributed by atoms with Gasteiger partial charge in [-0.05, 0) is 25.0 Å². The SMILES string of the molecule is COC(=O)C1CCCN(c2cc(Br)ccc2[N+](=O)[O-])C1. The monoisotopic (exact) mass is 342 g/mol. The molecule has 1 fully saturated rings. The first kappa shape index (κ1) is 14.8. The first-order valence-corrected chi connectivity index (χ1v) is 7.09. The van der Waals surface area contributed by atoms with Gasteiger partial charge in [0.25, 0.3) is 5.69 Å². The molecule has 20 heavy (non-hydrogen) atoms. The van der Waals surface area contributed by atoms with Crippen molar-refractivity contribution in [3.63, 3.8) is 0 Å². The van der Waals surface area contributed by atoms with E-state index in [1.54, 1.807) is 12.1 Å². The molecular formula is C13H15BrN2O4. The number of benzene rings is 1. The van der Waals surface area contributed by atoms with Gasteiger partial charge in [0.05, 0.1) is 18.0 Å². The summed E-state index contributed by atoms with van der Waals surface area (Å²) in [7, 11) is 1.36. The molecule has 1 aromatic carbocycles. The number of halogens is 1. The zero-order valence-corrected chi connectivity index (χ0v) is 12.6. The predicted molar refractivity (Wildman–Crippen MR) is 77.7 cm³/mol. The van der Waals surface area contributed by atoms with E-state index in [1.807, 2.05) is 4.90 Å². The highest BCUT2D eigenvalue weighted by Crippen LogP contribution is 2.34. The Hall–Kier alpha value is -1.63. The van der Waals surface area contributed by atoms with Gasteiger partial charge in [-0.25, -0.2) is 0 Å². The lowest BCUT2D eigenvalue weighted by Gasteiger charge is -2.32. The summed E-state index contributed by atoms with van der Waals surface area (Å²) in [6, 6.07) is 4.84. The smallest absolute Gasteiger partial charge is 0.310 e. The minimum Gasteiger partial charge on any atom is -0.469 e. The van der Waals surface area contributed by atoms with Gasteiger partial charge in [-0.3, -0.25) is 14.9 Å². The van der Waals surface area contributed by atoms with Crippen LogP contribution in [0.2, 0.25) is 0 Å². The molecule has 0 aromatic heterocycles. The van der Waals surface area contributed by atoms with Crippen LogP contribution < -0.4 is 4.90 Å². The number of carbonyl (C=O) groups excluding carboxylic acids is 1. The van der Waals surface area contributed by atoms with Crippen molar-refractivity contribution in [3.05, 3.63) is 32.8 Å². The van der Waals surface area contributed by atoms with Gasteiger partial charge in [0.2, 0.25) is 0 Å². The number of carbonyl (C=O) groups is 1. The molecule has 0 aliphatic carbocycles. The largest absolute Gasteiger partial charge is 0.469 e. The van der Waals surface area contributed by atoms with E-state index in [0.717, 1.165) is 17.3 Å². The summed E-state index contributed by atoms with van der Waals surface area (Å²) in [5.74, 6) is -0.486. The van der Waals surface area contributed by atoms with Gasteiger partial charge in [-0.2, -0.15) is 0 Å². The maximum atomic E-state index is 11.6. The molecule has 0 saturated carbocycles. The van der Waals surface area contributed by atoms with E-state index in [-0.39, 0.29) is 17.6 Å². The molecule has 7 heteroatoms. The van der Waals surface area contributed by atoms with Crippen molar-refractivity contribution in [2.24, 2.45) is 5.92 Å². The van der Waals surface area contributed by atoms with E-state index in [1.165, 1.54) is 13.2 Å². The molecule has 1 aliphatic rings. The Morgan fingerprint density at radius 3 is 2.95 bits per heavy atom. The second-order valence-electron chi connectivity index (χ2n) is 4.70. The quantitative estimate of drug-likeness (QED) is 0.479. The van der Waals surface area contributed by atoms with Gasteiger partial charge in [0.1, 0.15) is 5.69 Å². The third kappa shape index (κ3) is 3.09. The molecule has 1 heterocycles. The molecule has 1 saturated heterocycles. The summed E-state index contributed by atoms with van der Waals surface area (Å²) < 4.78 is 5.54. The minimum atomic E-state index is -0.399. The second kappa shape index (κ2) is 6.21. The molecule has 1 aliphatic heterocycles. The van der Waals surface area contributed by atoms with Crippen molar-refractivity contribution in [2.45, 2.75) is 12.8 Å². The molecule has 0 N–H and O–H groups in total. The third-order valence-corrected chi connectivity index (χ3v) is 3.92. The van der Waals surface area contributed by atoms with Crippen LogP contribution in [0.4, 0.5) is 11.4 Å². The van der Waals surface area contributed by atoms with Gasteiger partial charge in [0, 0.05) is 23.6 Å². The number of ether oxygens (including phenoxy) is 1. The van der Waals surface area contributed by atoms with Crippen LogP contribution in [0.1, 0.15) is 12.8 Å². The number of esters is 1. The van der Waals surface area contributed by atoms with E-state index < -0.39 is 4.92 Å². The van der Waals surface area contributed by atoms with Crippen molar-refractivity contribution in [1.82, 2.24) is 0 Å². The first-order valence-electron chi connectivity index (χ1n) is 6.29. The van der Waals surface area contributed by atoms with Crippen molar-refractivity contribution in [1.29, 1.82) is 0 Å². The van der Waals surface area contributed by atoms with Crippen molar-refractivity contribution < 1.29 is 14.5 Å². The molecule has 1 aromatic rings. The number of anilines is 1. The van der Waals surface area contributed by atoms with Gasteiger partial charge >= 0.3 is 5.97 Å². The predicted octanol–water partition coefficient (Wildman–Crippen LogP) is 2.75. The Balaban J connectivity index is 2.28. The standard InChI is InChI=1S/C13H15BrN2O4/c1-20-13(17)9-3-2-6-15(8-9)12-7-10(14)4-5-11(12)16(18)19/h4-5,7,9H,2-3,6,8H2,1H3.